The smallest absolute Gasteiger partial charge is 0.341 e. The van der Waals surface area contributed by atoms with Gasteiger partial charge in [-0.3, -0.25) is 0 Å². The summed E-state index contributed by atoms with van der Waals surface area (Å²) in [5, 5.41) is 0. The number of fused-ring (bicyclic) bond motifs is 1. The molecule has 0 unspecified atom stereocenters. The zero-order valence-corrected chi connectivity index (χ0v) is 21.9. The van der Waals surface area contributed by atoms with E-state index in [0.717, 1.165) is 51.8 Å². The van der Waals surface area contributed by atoms with E-state index >= 15 is 0 Å². The third-order valence-corrected chi connectivity index (χ3v) is 6.98. The number of hydrogen-bond donors (Lipinski definition) is 0. The molecule has 0 atom stereocenters. The predicted octanol–water partition coefficient (Wildman–Crippen LogP) is 3.15. The Labute approximate surface area is 218 Å². The highest BCUT2D eigenvalue weighted by atomic mass is 32.1. The van der Waals surface area contributed by atoms with Crippen LogP contribution in [0.5, 0.6) is 0 Å². The first-order valence-electron chi connectivity index (χ1n) is 12.2. The zero-order valence-electron chi connectivity index (χ0n) is 21.0. The lowest BCUT2D eigenvalue weighted by Crippen LogP contribution is -2.36. The van der Waals surface area contributed by atoms with E-state index in [9.17, 15) is 4.79 Å². The molecule has 192 valence electrons. The molecule has 12 heteroatoms. The van der Waals surface area contributed by atoms with Crippen molar-refractivity contribution in [2.45, 2.75) is 26.8 Å². The molecule has 5 heterocycles. The van der Waals surface area contributed by atoms with Gasteiger partial charge in [-0.2, -0.15) is 0 Å². The van der Waals surface area contributed by atoms with Crippen LogP contribution in [0.1, 0.15) is 34.9 Å². The molecule has 0 aromatic carbocycles. The average Bonchev–Trinajstić information content (AvgIpc) is 3.35. The lowest BCUT2D eigenvalue weighted by Gasteiger charge is -2.28. The van der Waals surface area contributed by atoms with E-state index in [2.05, 4.69) is 30.9 Å². The van der Waals surface area contributed by atoms with Gasteiger partial charge < -0.3 is 19.3 Å². The van der Waals surface area contributed by atoms with Gasteiger partial charge in [-0.1, -0.05) is 6.92 Å². The molecule has 37 heavy (non-hydrogen) atoms. The van der Waals surface area contributed by atoms with Crippen LogP contribution in [0.3, 0.4) is 0 Å². The number of rotatable bonds is 8. The summed E-state index contributed by atoms with van der Waals surface area (Å²) >= 11 is 1.66. The van der Waals surface area contributed by atoms with Crippen LogP contribution >= 0.6 is 11.3 Å². The number of morpholine rings is 1. The summed E-state index contributed by atoms with van der Waals surface area (Å²) in [7, 11) is 1.91. The van der Waals surface area contributed by atoms with E-state index in [-0.39, 0.29) is 0 Å². The van der Waals surface area contributed by atoms with Crippen molar-refractivity contribution >= 4 is 39.3 Å². The largest absolute Gasteiger partial charge is 0.462 e. The van der Waals surface area contributed by atoms with E-state index in [0.29, 0.717) is 43.7 Å². The highest BCUT2D eigenvalue weighted by molar-refractivity contribution is 7.19. The van der Waals surface area contributed by atoms with Gasteiger partial charge in [0.2, 0.25) is 5.95 Å². The first kappa shape index (κ1) is 24.9. The number of aromatic nitrogens is 6. The molecular formula is C25H28N8O3S. The minimum Gasteiger partial charge on any atom is -0.462 e. The summed E-state index contributed by atoms with van der Waals surface area (Å²) in [6, 6.07) is 2.08. The van der Waals surface area contributed by atoms with E-state index in [1.54, 1.807) is 30.7 Å². The van der Waals surface area contributed by atoms with E-state index in [1.807, 2.05) is 18.9 Å². The van der Waals surface area contributed by atoms with Crippen molar-refractivity contribution in [1.82, 2.24) is 29.9 Å². The molecule has 1 aliphatic heterocycles. The fourth-order valence-corrected chi connectivity index (χ4v) is 5.12. The molecule has 11 nitrogen and oxygen atoms in total. The molecule has 0 saturated carbocycles. The fraction of sp³-hybridized carbons (Fsp3) is 0.400. The van der Waals surface area contributed by atoms with Crippen LogP contribution < -0.4 is 9.80 Å². The SMILES string of the molecule is CCOC(=O)c1cnc(N(C)Cc2cc3nc(-c4cnc(CC)nc4)nc(N4CCOCC4)c3s2)nc1. The number of nitrogens with zero attached hydrogens (tertiary/aromatic N) is 8. The van der Waals surface area contributed by atoms with Crippen molar-refractivity contribution in [1.29, 1.82) is 0 Å². The molecule has 1 saturated heterocycles. The van der Waals surface area contributed by atoms with Crippen LogP contribution in [0.15, 0.2) is 30.9 Å². The number of aryl methyl sites for hydroxylation is 1. The third-order valence-electron chi connectivity index (χ3n) is 5.88. The Balaban J connectivity index is 1.45. The molecule has 0 amide bonds. The van der Waals surface area contributed by atoms with Gasteiger partial charge >= 0.3 is 5.97 Å². The molecule has 1 aliphatic rings. The lowest BCUT2D eigenvalue weighted by atomic mass is 10.2. The monoisotopic (exact) mass is 520 g/mol. The number of carbonyl (C=O) groups is 1. The highest BCUT2D eigenvalue weighted by Gasteiger charge is 2.21. The first-order valence-corrected chi connectivity index (χ1v) is 13.0. The number of esters is 1. The molecule has 0 spiro atoms. The van der Waals surface area contributed by atoms with Crippen LogP contribution in [-0.4, -0.2) is 75.8 Å². The predicted molar refractivity (Wildman–Crippen MR) is 141 cm³/mol. The third kappa shape index (κ3) is 5.49. The molecule has 0 N–H and O–H groups in total. The minimum absolute atomic E-state index is 0.306. The zero-order chi connectivity index (χ0) is 25.8. The Morgan fingerprint density at radius 1 is 1.08 bits per heavy atom. The molecule has 0 aliphatic carbocycles. The molecule has 4 aromatic rings. The van der Waals surface area contributed by atoms with Crippen LogP contribution in [0.2, 0.25) is 0 Å². The normalized spacial score (nSPS) is 13.6. The second-order valence-electron chi connectivity index (χ2n) is 8.49. The summed E-state index contributed by atoms with van der Waals surface area (Å²) in [6.07, 6.45) is 7.32. The molecule has 4 aromatic heterocycles. The molecule has 5 rings (SSSR count). The average molecular weight is 521 g/mol. The van der Waals surface area contributed by atoms with Crippen LogP contribution in [0, 0.1) is 0 Å². The summed E-state index contributed by atoms with van der Waals surface area (Å²) < 4.78 is 11.6. The topological polar surface area (TPSA) is 119 Å². The summed E-state index contributed by atoms with van der Waals surface area (Å²) in [5.74, 6) is 2.38. The van der Waals surface area contributed by atoms with Crippen LogP contribution in [0.25, 0.3) is 21.6 Å². The molecule has 0 bridgehead atoms. The van der Waals surface area contributed by atoms with Crippen LogP contribution in [0.4, 0.5) is 11.8 Å². The number of carbonyl (C=O) groups excluding carboxylic acids is 1. The van der Waals surface area contributed by atoms with Crippen LogP contribution in [-0.2, 0) is 22.4 Å². The van der Waals surface area contributed by atoms with Gasteiger partial charge in [-0.25, -0.2) is 34.7 Å². The maximum absolute atomic E-state index is 11.9. The molecule has 1 fully saturated rings. The number of ether oxygens (including phenoxy) is 2. The lowest BCUT2D eigenvalue weighted by molar-refractivity contribution is 0.0525. The van der Waals surface area contributed by atoms with E-state index in [4.69, 9.17) is 19.4 Å². The number of thiophene rings is 1. The summed E-state index contributed by atoms with van der Waals surface area (Å²) in [6.45, 7) is 7.53. The fourth-order valence-electron chi connectivity index (χ4n) is 3.96. The van der Waals surface area contributed by atoms with Gasteiger partial charge in [-0.15, -0.1) is 11.3 Å². The quantitative estimate of drug-likeness (QED) is 0.319. The Bertz CT molecular complexity index is 1370. The minimum atomic E-state index is -0.430. The van der Waals surface area contributed by atoms with Gasteiger partial charge in [0.1, 0.15) is 5.82 Å². The Kier molecular flexibility index (Phi) is 7.47. The van der Waals surface area contributed by atoms with Crippen molar-refractivity contribution in [3.63, 3.8) is 0 Å². The number of anilines is 2. The van der Waals surface area contributed by atoms with Gasteiger partial charge in [0.25, 0.3) is 0 Å². The maximum Gasteiger partial charge on any atom is 0.341 e. The van der Waals surface area contributed by atoms with Crippen molar-refractivity contribution < 1.29 is 14.3 Å². The second-order valence-corrected chi connectivity index (χ2v) is 9.62. The summed E-state index contributed by atoms with van der Waals surface area (Å²) in [4.78, 5) is 44.5. The van der Waals surface area contributed by atoms with E-state index < -0.39 is 5.97 Å². The Morgan fingerprint density at radius 2 is 1.81 bits per heavy atom. The van der Waals surface area contributed by atoms with Crippen molar-refractivity contribution in [2.24, 2.45) is 0 Å². The first-order chi connectivity index (χ1) is 18.1. The highest BCUT2D eigenvalue weighted by Crippen LogP contribution is 2.35. The van der Waals surface area contributed by atoms with Crippen molar-refractivity contribution in [3.8, 4) is 11.4 Å². The van der Waals surface area contributed by atoms with Crippen molar-refractivity contribution in [2.75, 3.05) is 49.8 Å². The van der Waals surface area contributed by atoms with Gasteiger partial charge in [-0.05, 0) is 13.0 Å². The molecular weight excluding hydrogens is 492 g/mol. The maximum atomic E-state index is 11.9. The Morgan fingerprint density at radius 3 is 2.49 bits per heavy atom. The van der Waals surface area contributed by atoms with Gasteiger partial charge in [0, 0.05) is 56.2 Å². The van der Waals surface area contributed by atoms with Gasteiger partial charge in [0.15, 0.2) is 11.6 Å². The Hall–Kier alpha value is -3.77. The van der Waals surface area contributed by atoms with Crippen molar-refractivity contribution in [3.05, 3.63) is 47.1 Å². The molecule has 0 radical (unpaired) electrons. The van der Waals surface area contributed by atoms with Gasteiger partial charge in [0.05, 0.1) is 47.7 Å². The standard InChI is InChI=1S/C25H28N8O3S/c1-4-20-26-11-16(12-27-20)22-30-19-10-18(37-21(19)23(31-22)33-6-8-35-9-7-33)15-32(3)25-28-13-17(14-29-25)24(34)36-5-2/h10-14H,4-9,15H2,1-3H3. The number of hydrogen-bond acceptors (Lipinski definition) is 12. The van der Waals surface area contributed by atoms with E-state index in [1.165, 1.54) is 12.4 Å². The summed E-state index contributed by atoms with van der Waals surface area (Å²) in [5.41, 5.74) is 1.99. The second kappa shape index (κ2) is 11.1.